The molecule has 0 amide bonds. The second-order valence-electron chi connectivity index (χ2n) is 6.39. The lowest BCUT2D eigenvalue weighted by Gasteiger charge is -2.29. The largest absolute Gasteiger partial charge is 0.381 e. The van der Waals surface area contributed by atoms with Crippen LogP contribution in [0.2, 0.25) is 10.0 Å². The van der Waals surface area contributed by atoms with Gasteiger partial charge in [-0.15, -0.1) is 0 Å². The third-order valence-electron chi connectivity index (χ3n) is 4.64. The minimum atomic E-state index is -0.370. The van der Waals surface area contributed by atoms with Crippen molar-refractivity contribution >= 4 is 28.9 Å². The molecule has 0 saturated heterocycles. The van der Waals surface area contributed by atoms with Crippen molar-refractivity contribution in [3.8, 4) is 5.69 Å². The van der Waals surface area contributed by atoms with Crippen molar-refractivity contribution in [3.63, 3.8) is 0 Å². The maximum Gasteiger partial charge on any atom is 0.292 e. The number of hydrogen-bond donors (Lipinski definition) is 1. The Bertz CT molecular complexity index is 822. The van der Waals surface area contributed by atoms with Crippen molar-refractivity contribution in [3.05, 3.63) is 50.4 Å². The average Bonchev–Trinajstić information content (AvgIpc) is 2.62. The molecule has 0 radical (unpaired) electrons. The van der Waals surface area contributed by atoms with E-state index in [-0.39, 0.29) is 22.7 Å². The molecule has 0 aliphatic heterocycles. The minimum Gasteiger partial charge on any atom is -0.381 e. The summed E-state index contributed by atoms with van der Waals surface area (Å²) in [5.74, 6) is 0. The summed E-state index contributed by atoms with van der Waals surface area (Å²) in [5.41, 5.74) is 1.72. The van der Waals surface area contributed by atoms with Crippen molar-refractivity contribution in [1.82, 2.24) is 9.78 Å². The Kier molecular flexibility index (Phi) is 5.67. The van der Waals surface area contributed by atoms with Gasteiger partial charge in [0.05, 0.1) is 23.7 Å². The number of rotatable bonds is 4. The van der Waals surface area contributed by atoms with E-state index in [4.69, 9.17) is 27.9 Å². The maximum absolute atomic E-state index is 12.6. The molecule has 1 aromatic carbocycles. The van der Waals surface area contributed by atoms with Gasteiger partial charge < -0.3 is 10.1 Å². The van der Waals surface area contributed by atoms with Crippen LogP contribution in [-0.4, -0.2) is 29.0 Å². The van der Waals surface area contributed by atoms with Crippen molar-refractivity contribution in [2.75, 3.05) is 12.4 Å². The van der Waals surface area contributed by atoms with E-state index in [2.05, 4.69) is 10.4 Å². The van der Waals surface area contributed by atoms with Crippen molar-refractivity contribution < 1.29 is 4.74 Å². The number of anilines is 1. The fraction of sp³-hybridized carbons (Fsp3) is 0.444. The van der Waals surface area contributed by atoms with Crippen LogP contribution in [0.1, 0.15) is 31.2 Å². The Labute approximate surface area is 156 Å². The SMILES string of the molecule is COC1CCCC(Nc2cnn(-c3ccc(C)c(Cl)c3)c(=O)c2Cl)C1. The quantitative estimate of drug-likeness (QED) is 0.861. The van der Waals surface area contributed by atoms with Crippen LogP contribution in [-0.2, 0) is 4.74 Å². The van der Waals surface area contributed by atoms with Crippen LogP contribution in [0, 0.1) is 6.92 Å². The van der Waals surface area contributed by atoms with E-state index in [1.165, 1.54) is 4.68 Å². The highest BCUT2D eigenvalue weighted by Crippen LogP contribution is 2.26. The highest BCUT2D eigenvalue weighted by atomic mass is 35.5. The van der Waals surface area contributed by atoms with Gasteiger partial charge >= 0.3 is 0 Å². The number of ether oxygens (including phenoxy) is 1. The smallest absolute Gasteiger partial charge is 0.292 e. The van der Waals surface area contributed by atoms with Gasteiger partial charge in [0.25, 0.3) is 5.56 Å². The fourth-order valence-corrected chi connectivity index (χ4v) is 3.50. The highest BCUT2D eigenvalue weighted by molar-refractivity contribution is 6.33. The van der Waals surface area contributed by atoms with Crippen molar-refractivity contribution in [2.24, 2.45) is 0 Å². The second-order valence-corrected chi connectivity index (χ2v) is 7.17. The zero-order valence-corrected chi connectivity index (χ0v) is 15.8. The number of aromatic nitrogens is 2. The summed E-state index contributed by atoms with van der Waals surface area (Å²) in [6.07, 6.45) is 5.90. The molecule has 1 aliphatic rings. The van der Waals surface area contributed by atoms with Crippen molar-refractivity contribution in [2.45, 2.75) is 44.8 Å². The van der Waals surface area contributed by atoms with Gasteiger partial charge in [0.1, 0.15) is 5.02 Å². The summed E-state index contributed by atoms with van der Waals surface area (Å²) in [4.78, 5) is 12.6. The number of hydrogen-bond acceptors (Lipinski definition) is 4. The fourth-order valence-electron chi connectivity index (χ4n) is 3.14. The van der Waals surface area contributed by atoms with Crippen molar-refractivity contribution in [1.29, 1.82) is 0 Å². The molecule has 1 N–H and O–H groups in total. The molecule has 1 saturated carbocycles. The molecule has 7 heteroatoms. The van der Waals surface area contributed by atoms with Crippen LogP contribution in [0.5, 0.6) is 0 Å². The monoisotopic (exact) mass is 381 g/mol. The van der Waals surface area contributed by atoms with E-state index in [9.17, 15) is 4.79 Å². The number of halogens is 2. The lowest BCUT2D eigenvalue weighted by Crippen LogP contribution is -2.32. The Morgan fingerprint density at radius 2 is 2.12 bits per heavy atom. The lowest BCUT2D eigenvalue weighted by atomic mass is 9.93. The van der Waals surface area contributed by atoms with E-state index < -0.39 is 0 Å². The average molecular weight is 382 g/mol. The van der Waals surface area contributed by atoms with Gasteiger partial charge in [-0.2, -0.15) is 9.78 Å². The van der Waals surface area contributed by atoms with E-state index >= 15 is 0 Å². The van der Waals surface area contributed by atoms with Crippen LogP contribution in [0.25, 0.3) is 5.69 Å². The van der Waals surface area contributed by atoms with Crippen LogP contribution in [0.4, 0.5) is 5.69 Å². The van der Waals surface area contributed by atoms with Crippen LogP contribution < -0.4 is 10.9 Å². The second kappa shape index (κ2) is 7.77. The number of aryl methyl sites for hydroxylation is 1. The Balaban J connectivity index is 1.85. The van der Waals surface area contributed by atoms with E-state index in [1.54, 1.807) is 25.4 Å². The first-order chi connectivity index (χ1) is 12.0. The molecule has 1 aliphatic carbocycles. The first-order valence-corrected chi connectivity index (χ1v) is 9.09. The molecule has 134 valence electrons. The topological polar surface area (TPSA) is 56.1 Å². The van der Waals surface area contributed by atoms with Crippen LogP contribution in [0.15, 0.2) is 29.2 Å². The highest BCUT2D eigenvalue weighted by Gasteiger charge is 2.23. The molecule has 1 aromatic heterocycles. The number of methoxy groups -OCH3 is 1. The van der Waals surface area contributed by atoms with Gasteiger partial charge in [-0.05, 0) is 50.3 Å². The normalized spacial score (nSPS) is 20.5. The zero-order valence-electron chi connectivity index (χ0n) is 14.3. The van der Waals surface area contributed by atoms with Crippen LogP contribution >= 0.6 is 23.2 Å². The van der Waals surface area contributed by atoms with Gasteiger partial charge in [-0.25, -0.2) is 0 Å². The molecule has 2 unspecified atom stereocenters. The minimum absolute atomic E-state index is 0.131. The molecule has 0 bridgehead atoms. The van der Waals surface area contributed by atoms with E-state index in [0.29, 0.717) is 16.4 Å². The molecule has 2 atom stereocenters. The third kappa shape index (κ3) is 4.00. The maximum atomic E-state index is 12.6. The Hall–Kier alpha value is -1.56. The summed E-state index contributed by atoms with van der Waals surface area (Å²) >= 11 is 12.5. The van der Waals surface area contributed by atoms with Gasteiger partial charge in [0.15, 0.2) is 0 Å². The standard InChI is InChI=1S/C18H21Cl2N3O2/c1-11-6-7-13(9-15(11)19)23-18(24)17(20)16(10-21-23)22-12-4-3-5-14(8-12)25-2/h6-7,9-10,12,14,22H,3-5,8H2,1-2H3. The number of nitrogens with one attached hydrogen (secondary N) is 1. The summed E-state index contributed by atoms with van der Waals surface area (Å²) < 4.78 is 6.71. The molecular formula is C18H21Cl2N3O2. The molecular weight excluding hydrogens is 361 g/mol. The predicted octanol–water partition coefficient (Wildman–Crippen LogP) is 4.22. The van der Waals surface area contributed by atoms with Gasteiger partial charge in [0.2, 0.25) is 0 Å². The molecule has 3 rings (SSSR count). The predicted molar refractivity (Wildman–Crippen MR) is 101 cm³/mol. The zero-order chi connectivity index (χ0) is 18.0. The first kappa shape index (κ1) is 18.2. The number of benzene rings is 1. The van der Waals surface area contributed by atoms with Gasteiger partial charge in [-0.3, -0.25) is 4.79 Å². The number of nitrogens with zero attached hydrogens (tertiary/aromatic N) is 2. The molecule has 2 aromatic rings. The molecule has 5 nitrogen and oxygen atoms in total. The summed E-state index contributed by atoms with van der Waals surface area (Å²) in [7, 11) is 1.73. The van der Waals surface area contributed by atoms with Crippen LogP contribution in [0.3, 0.4) is 0 Å². The summed E-state index contributed by atoms with van der Waals surface area (Å²) in [6, 6.07) is 5.57. The van der Waals surface area contributed by atoms with Gasteiger partial charge in [-0.1, -0.05) is 29.3 Å². The Morgan fingerprint density at radius 3 is 2.84 bits per heavy atom. The molecule has 0 spiro atoms. The third-order valence-corrected chi connectivity index (χ3v) is 5.41. The lowest BCUT2D eigenvalue weighted by molar-refractivity contribution is 0.0669. The Morgan fingerprint density at radius 1 is 1.32 bits per heavy atom. The first-order valence-electron chi connectivity index (χ1n) is 8.33. The molecule has 25 heavy (non-hydrogen) atoms. The van der Waals surface area contributed by atoms with E-state index in [1.807, 2.05) is 13.0 Å². The van der Waals surface area contributed by atoms with E-state index in [0.717, 1.165) is 31.2 Å². The summed E-state index contributed by atoms with van der Waals surface area (Å²) in [5, 5.41) is 8.30. The molecule has 1 fully saturated rings. The molecule has 1 heterocycles. The summed E-state index contributed by atoms with van der Waals surface area (Å²) in [6.45, 7) is 1.90. The van der Waals surface area contributed by atoms with Gasteiger partial charge in [0, 0.05) is 18.2 Å².